The molecule has 8 nitrogen and oxygen atoms in total. The molecule has 100 valence electrons. The number of hydrogen-bond donors (Lipinski definition) is 4. The van der Waals surface area contributed by atoms with Gasteiger partial charge in [0.25, 0.3) is 10.1 Å². The molecule has 0 saturated carbocycles. The van der Waals surface area contributed by atoms with Crippen molar-refractivity contribution in [1.82, 2.24) is 0 Å². The van der Waals surface area contributed by atoms with Gasteiger partial charge < -0.3 is 24.8 Å². The molecule has 0 aromatic heterocycles. The van der Waals surface area contributed by atoms with Crippen LogP contribution >= 0.6 is 0 Å². The highest BCUT2D eigenvalue weighted by Crippen LogP contribution is 2.22. The van der Waals surface area contributed by atoms with E-state index < -0.39 is 40.8 Å². The molecule has 5 atom stereocenters. The van der Waals surface area contributed by atoms with Gasteiger partial charge in [-0.3, -0.25) is 4.55 Å². The summed E-state index contributed by atoms with van der Waals surface area (Å²) >= 11 is 0. The van der Waals surface area contributed by atoms with Crippen LogP contribution in [0.1, 0.15) is 0 Å². The Morgan fingerprint density at radius 1 is 1.18 bits per heavy atom. The van der Waals surface area contributed by atoms with Crippen molar-refractivity contribution >= 4 is 10.1 Å². The maximum atomic E-state index is 10.5. The fraction of sp³-hybridized carbons (Fsp3) is 0.750. The van der Waals surface area contributed by atoms with E-state index in [4.69, 9.17) is 14.0 Å². The van der Waals surface area contributed by atoms with Crippen LogP contribution in [-0.2, 0) is 19.6 Å². The molecule has 1 rings (SSSR count). The van der Waals surface area contributed by atoms with Crippen LogP contribution in [0.2, 0.25) is 0 Å². The van der Waals surface area contributed by atoms with Crippen LogP contribution in [-0.4, -0.2) is 66.1 Å². The molecule has 0 spiro atoms. The molecule has 4 N–H and O–H groups in total. The Balaban J connectivity index is 2.83. The first-order valence-electron chi connectivity index (χ1n) is 4.64. The van der Waals surface area contributed by atoms with Gasteiger partial charge in [0.2, 0.25) is 0 Å². The summed E-state index contributed by atoms with van der Waals surface area (Å²) in [6, 6.07) is 0. The molecule has 1 heterocycles. The van der Waals surface area contributed by atoms with Crippen LogP contribution in [0.3, 0.4) is 0 Å². The van der Waals surface area contributed by atoms with E-state index in [2.05, 4.69) is 0 Å². The van der Waals surface area contributed by atoms with Gasteiger partial charge in [-0.25, -0.2) is 0 Å². The Bertz CT molecular complexity index is 375. The van der Waals surface area contributed by atoms with Gasteiger partial charge in [0.15, 0.2) is 6.29 Å². The molecule has 1 fully saturated rings. The van der Waals surface area contributed by atoms with Gasteiger partial charge in [-0.1, -0.05) is 0 Å². The normalized spacial score (nSPS) is 39.7. The Kier molecular flexibility index (Phi) is 4.61. The highest BCUT2D eigenvalue weighted by molar-refractivity contribution is 7.88. The quantitative estimate of drug-likeness (QED) is 0.426. The maximum Gasteiger partial charge on any atom is 0.287 e. The second kappa shape index (κ2) is 5.40. The lowest BCUT2D eigenvalue weighted by Gasteiger charge is -2.38. The first-order valence-corrected chi connectivity index (χ1v) is 6.14. The Morgan fingerprint density at radius 2 is 1.76 bits per heavy atom. The van der Waals surface area contributed by atoms with Crippen LogP contribution in [0.4, 0.5) is 0 Å². The molecule has 17 heavy (non-hydrogen) atoms. The number of aliphatic hydroxyl groups excluding tert-OH is 3. The second-order valence-corrected chi connectivity index (χ2v) is 4.82. The van der Waals surface area contributed by atoms with Crippen LogP contribution in [0.25, 0.3) is 0 Å². The van der Waals surface area contributed by atoms with E-state index in [1.165, 1.54) is 7.11 Å². The molecule has 0 aliphatic carbocycles. The van der Waals surface area contributed by atoms with Crippen LogP contribution in [0.15, 0.2) is 11.5 Å². The van der Waals surface area contributed by atoms with Gasteiger partial charge >= 0.3 is 0 Å². The van der Waals surface area contributed by atoms with E-state index in [1.807, 2.05) is 0 Å². The summed E-state index contributed by atoms with van der Waals surface area (Å²) in [5.41, 5.74) is 0. The largest absolute Gasteiger partial charge is 0.387 e. The van der Waals surface area contributed by atoms with Crippen LogP contribution in [0, 0.1) is 0 Å². The zero-order valence-electron chi connectivity index (χ0n) is 8.87. The molecule has 0 unspecified atom stereocenters. The predicted molar refractivity (Wildman–Crippen MR) is 54.4 cm³/mol. The lowest BCUT2D eigenvalue weighted by atomic mass is 9.99. The summed E-state index contributed by atoms with van der Waals surface area (Å²) in [7, 11) is -3.15. The van der Waals surface area contributed by atoms with Gasteiger partial charge in [-0.2, -0.15) is 8.42 Å². The van der Waals surface area contributed by atoms with Crippen LogP contribution in [0.5, 0.6) is 0 Å². The average Bonchev–Trinajstić information content (AvgIpc) is 2.24. The highest BCUT2D eigenvalue weighted by atomic mass is 32.2. The molecule has 1 aliphatic rings. The van der Waals surface area contributed by atoms with Crippen molar-refractivity contribution in [2.24, 2.45) is 0 Å². The molecule has 0 radical (unpaired) electrons. The van der Waals surface area contributed by atoms with Gasteiger partial charge in [0, 0.05) is 7.11 Å². The first-order chi connectivity index (χ1) is 7.76. The Morgan fingerprint density at radius 3 is 2.24 bits per heavy atom. The highest BCUT2D eigenvalue weighted by Gasteiger charge is 2.42. The van der Waals surface area contributed by atoms with Gasteiger partial charge in [-0.15, -0.1) is 0 Å². The third-order valence-electron chi connectivity index (χ3n) is 2.28. The minimum atomic E-state index is -4.36. The fourth-order valence-electron chi connectivity index (χ4n) is 1.40. The minimum Gasteiger partial charge on any atom is -0.387 e. The van der Waals surface area contributed by atoms with E-state index in [-0.39, 0.29) is 0 Å². The Hall–Kier alpha value is -0.550. The van der Waals surface area contributed by atoms with Crippen molar-refractivity contribution in [3.05, 3.63) is 11.5 Å². The predicted octanol–water partition coefficient (Wildman–Crippen LogP) is -2.16. The summed E-state index contributed by atoms with van der Waals surface area (Å²) < 4.78 is 39.1. The van der Waals surface area contributed by atoms with Gasteiger partial charge in [0.05, 0.1) is 5.41 Å². The molecule has 0 aromatic carbocycles. The van der Waals surface area contributed by atoms with E-state index in [1.54, 1.807) is 0 Å². The summed E-state index contributed by atoms with van der Waals surface area (Å²) in [5.74, 6) is 0. The lowest BCUT2D eigenvalue weighted by Crippen LogP contribution is -2.57. The molecule has 1 aliphatic heterocycles. The third kappa shape index (κ3) is 3.71. The molecule has 0 amide bonds. The zero-order valence-corrected chi connectivity index (χ0v) is 9.69. The molecule has 9 heteroatoms. The Labute approximate surface area is 97.8 Å². The summed E-state index contributed by atoms with van der Waals surface area (Å²) in [6.07, 6.45) is -6.12. The van der Waals surface area contributed by atoms with Crippen molar-refractivity contribution in [1.29, 1.82) is 0 Å². The zero-order chi connectivity index (χ0) is 13.2. The monoisotopic (exact) mass is 270 g/mol. The fourth-order valence-corrected chi connectivity index (χ4v) is 1.76. The topological polar surface area (TPSA) is 134 Å². The van der Waals surface area contributed by atoms with E-state index in [0.29, 0.717) is 5.41 Å². The number of rotatable bonds is 3. The van der Waals surface area contributed by atoms with Crippen molar-refractivity contribution in [3.63, 3.8) is 0 Å². The summed E-state index contributed by atoms with van der Waals surface area (Å²) in [5, 5.41) is 28.8. The lowest BCUT2D eigenvalue weighted by molar-refractivity contribution is -0.279. The standard InChI is InChI=1S/C8H14O8S/c1-15-8-7(11)6(10)5(9)4(16-8)2-3-17(12,13)14/h2-11H,1H3,(H,12,13,14)/b3-2+/t4-,5-,6+,7+,8+/m1/s1. The molecular formula is C8H14O8S. The van der Waals surface area contributed by atoms with E-state index >= 15 is 0 Å². The molecule has 0 bridgehead atoms. The van der Waals surface area contributed by atoms with Crippen LogP contribution < -0.4 is 0 Å². The van der Waals surface area contributed by atoms with E-state index in [9.17, 15) is 23.7 Å². The maximum absolute atomic E-state index is 10.5. The van der Waals surface area contributed by atoms with Crippen molar-refractivity contribution in [3.8, 4) is 0 Å². The van der Waals surface area contributed by atoms with Crippen molar-refractivity contribution in [2.75, 3.05) is 7.11 Å². The van der Waals surface area contributed by atoms with Crippen molar-refractivity contribution in [2.45, 2.75) is 30.7 Å². The number of ether oxygens (including phenoxy) is 2. The molecule has 1 saturated heterocycles. The number of hydrogen-bond acceptors (Lipinski definition) is 7. The first kappa shape index (κ1) is 14.5. The molecular weight excluding hydrogens is 256 g/mol. The second-order valence-electron chi connectivity index (χ2n) is 3.52. The SMILES string of the molecule is CO[C@H]1O[C@H](/C=C/S(=O)(=O)O)[C@@H](O)[C@H](O)[C@@H]1O. The summed E-state index contributed by atoms with van der Waals surface area (Å²) in [4.78, 5) is 0. The minimum absolute atomic E-state index is 0.415. The summed E-state index contributed by atoms with van der Waals surface area (Å²) in [6.45, 7) is 0. The van der Waals surface area contributed by atoms with Gasteiger partial charge in [0.1, 0.15) is 24.4 Å². The number of aliphatic hydroxyl groups is 3. The molecule has 0 aromatic rings. The van der Waals surface area contributed by atoms with E-state index in [0.717, 1.165) is 6.08 Å². The third-order valence-corrected chi connectivity index (χ3v) is 2.78. The van der Waals surface area contributed by atoms with Gasteiger partial charge in [-0.05, 0) is 6.08 Å². The number of methoxy groups -OCH3 is 1. The van der Waals surface area contributed by atoms with Crippen molar-refractivity contribution < 1.29 is 37.8 Å². The average molecular weight is 270 g/mol. The smallest absolute Gasteiger partial charge is 0.287 e.